The number of nitrogens with two attached hydrogens (primary N) is 1. The Hall–Kier alpha value is -2.37. The van der Waals surface area contributed by atoms with E-state index in [1.165, 1.54) is 6.92 Å². The number of carbonyl (C=O) groups is 2. The van der Waals surface area contributed by atoms with E-state index in [4.69, 9.17) is 10.2 Å². The summed E-state index contributed by atoms with van der Waals surface area (Å²) in [7, 11) is 0. The maximum Gasteiger partial charge on any atom is 0.339 e. The largest absolute Gasteiger partial charge is 0.457 e. The van der Waals surface area contributed by atoms with E-state index < -0.39 is 6.03 Å². The summed E-state index contributed by atoms with van der Waals surface area (Å²) in [5.74, 6) is 0.622. The lowest BCUT2D eigenvalue weighted by Crippen LogP contribution is -2.21. The molecule has 0 saturated carbocycles. The number of ketones is 1. The minimum Gasteiger partial charge on any atom is -0.457 e. The van der Waals surface area contributed by atoms with Crippen molar-refractivity contribution in [2.45, 2.75) is 12.8 Å². The number of Topliss-reactive ketones (excluding diaryl/α,β-unsaturated/α-hetero) is 1. The van der Waals surface area contributed by atoms with Crippen LogP contribution in [0.25, 0.3) is 0 Å². The van der Waals surface area contributed by atoms with Crippen LogP contribution >= 0.6 is 0 Å². The lowest BCUT2D eigenvalue weighted by Gasteiger charge is -1.97. The Morgan fingerprint density at radius 2 is 2.29 bits per heavy atom. The fourth-order valence-electron chi connectivity index (χ4n) is 1.87. The molecule has 0 saturated heterocycles. The van der Waals surface area contributed by atoms with Crippen molar-refractivity contribution in [3.63, 3.8) is 0 Å². The maximum atomic E-state index is 11.1. The van der Waals surface area contributed by atoms with Gasteiger partial charge in [0.2, 0.25) is 0 Å². The Bertz CT molecular complexity index is 638. The van der Waals surface area contributed by atoms with Crippen molar-refractivity contribution in [1.29, 1.82) is 0 Å². The van der Waals surface area contributed by atoms with Crippen LogP contribution in [0.2, 0.25) is 0 Å². The highest BCUT2D eigenvalue weighted by atomic mass is 16.3. The van der Waals surface area contributed by atoms with E-state index in [0.717, 1.165) is 10.2 Å². The molecule has 0 aromatic carbocycles. The Morgan fingerprint density at radius 1 is 1.53 bits per heavy atom. The summed E-state index contributed by atoms with van der Waals surface area (Å²) in [4.78, 5) is 22.1. The standard InChI is InChI=1S/C11H8N3O3/c1-5(15)7-2-3-8(17-7)9-6-4-13-14(10(6)9)11(12)16/h2-3,9H,1H3,(H2,12,16). The van der Waals surface area contributed by atoms with Crippen LogP contribution in [0.1, 0.15) is 40.4 Å². The molecule has 1 atom stereocenters. The number of primary amides is 1. The molecule has 85 valence electrons. The molecule has 2 heterocycles. The van der Waals surface area contributed by atoms with E-state index in [0.29, 0.717) is 17.2 Å². The number of carbonyl (C=O) groups excluding carboxylic acids is 2. The van der Waals surface area contributed by atoms with Crippen molar-refractivity contribution in [2.75, 3.05) is 0 Å². The van der Waals surface area contributed by atoms with Crippen molar-refractivity contribution in [3.05, 3.63) is 41.1 Å². The fourth-order valence-corrected chi connectivity index (χ4v) is 1.87. The normalized spacial score (nSPS) is 16.6. The molecule has 2 N–H and O–H groups in total. The van der Waals surface area contributed by atoms with E-state index in [-0.39, 0.29) is 11.7 Å². The first-order valence-electron chi connectivity index (χ1n) is 5.00. The lowest BCUT2D eigenvalue weighted by atomic mass is 10.2. The summed E-state index contributed by atoms with van der Waals surface area (Å²) in [5, 5.41) is 3.71. The smallest absolute Gasteiger partial charge is 0.339 e. The summed E-state index contributed by atoms with van der Waals surface area (Å²) < 4.78 is 6.48. The Balaban J connectivity index is 1.93. The molecule has 1 unspecified atom stereocenters. The zero-order valence-electron chi connectivity index (χ0n) is 8.93. The number of hydrogen-bond donors (Lipinski definition) is 1. The van der Waals surface area contributed by atoms with E-state index >= 15 is 0 Å². The molecule has 6 heteroatoms. The molecule has 2 aromatic heterocycles. The number of aromatic nitrogens is 2. The summed E-state index contributed by atoms with van der Waals surface area (Å²) in [5.41, 5.74) is 6.61. The van der Waals surface area contributed by atoms with Gasteiger partial charge < -0.3 is 10.2 Å². The van der Waals surface area contributed by atoms with Gasteiger partial charge in [-0.05, 0) is 12.1 Å². The Kier molecular flexibility index (Phi) is 1.77. The van der Waals surface area contributed by atoms with Gasteiger partial charge in [-0.25, -0.2) is 4.79 Å². The van der Waals surface area contributed by atoms with Crippen LogP contribution in [-0.2, 0) is 0 Å². The average molecular weight is 230 g/mol. The predicted molar refractivity (Wildman–Crippen MR) is 55.7 cm³/mol. The quantitative estimate of drug-likeness (QED) is 0.662. The molecule has 1 aliphatic carbocycles. The first kappa shape index (κ1) is 9.83. The van der Waals surface area contributed by atoms with Crippen LogP contribution in [0.4, 0.5) is 4.79 Å². The third-order valence-corrected chi connectivity index (χ3v) is 2.72. The van der Waals surface area contributed by atoms with E-state index in [2.05, 4.69) is 11.3 Å². The SMILES string of the molecule is CC(=O)c1ccc(C2c3[c]nn(C(N)=O)c32)o1. The van der Waals surface area contributed by atoms with E-state index in [1.54, 1.807) is 12.1 Å². The van der Waals surface area contributed by atoms with Crippen molar-refractivity contribution >= 4 is 11.8 Å². The van der Waals surface area contributed by atoms with E-state index in [9.17, 15) is 9.59 Å². The highest BCUT2D eigenvalue weighted by Gasteiger charge is 2.43. The highest BCUT2D eigenvalue weighted by Crippen LogP contribution is 2.48. The third-order valence-electron chi connectivity index (χ3n) is 2.72. The Labute approximate surface area is 96.0 Å². The third kappa shape index (κ3) is 1.30. The molecule has 3 rings (SSSR count). The topological polar surface area (TPSA) is 91.1 Å². The molecule has 1 aliphatic rings. The molecule has 0 spiro atoms. The van der Waals surface area contributed by atoms with Crippen molar-refractivity contribution in [3.8, 4) is 0 Å². The molecule has 17 heavy (non-hydrogen) atoms. The molecule has 6 nitrogen and oxygen atoms in total. The number of amides is 1. The zero-order chi connectivity index (χ0) is 12.2. The first-order chi connectivity index (χ1) is 8.09. The number of hydrogen-bond acceptors (Lipinski definition) is 4. The molecular formula is C11H8N3O3. The number of rotatable bonds is 2. The van der Waals surface area contributed by atoms with Gasteiger partial charge in [0.05, 0.1) is 11.6 Å². The van der Waals surface area contributed by atoms with Crippen LogP contribution in [0.5, 0.6) is 0 Å². The van der Waals surface area contributed by atoms with E-state index in [1.807, 2.05) is 0 Å². The second-order valence-corrected chi connectivity index (χ2v) is 3.85. The molecule has 0 fully saturated rings. The van der Waals surface area contributed by atoms with Crippen molar-refractivity contribution in [2.24, 2.45) is 5.73 Å². The minimum atomic E-state index is -0.650. The average Bonchev–Trinajstić information content (AvgIpc) is 2.72. The van der Waals surface area contributed by atoms with Gasteiger partial charge in [0, 0.05) is 12.5 Å². The van der Waals surface area contributed by atoms with Crippen LogP contribution in [0.3, 0.4) is 0 Å². The zero-order valence-corrected chi connectivity index (χ0v) is 8.93. The summed E-state index contributed by atoms with van der Waals surface area (Å²) >= 11 is 0. The number of furan rings is 1. The van der Waals surface area contributed by atoms with Gasteiger partial charge in [-0.2, -0.15) is 9.78 Å². The highest BCUT2D eigenvalue weighted by molar-refractivity contribution is 5.91. The van der Waals surface area contributed by atoms with Crippen LogP contribution < -0.4 is 5.73 Å². The van der Waals surface area contributed by atoms with Crippen molar-refractivity contribution in [1.82, 2.24) is 9.78 Å². The monoisotopic (exact) mass is 230 g/mol. The van der Waals surface area contributed by atoms with Crippen LogP contribution in [0, 0.1) is 6.20 Å². The summed E-state index contributed by atoms with van der Waals surface area (Å²) in [6.07, 6.45) is 2.70. The van der Waals surface area contributed by atoms with Crippen LogP contribution in [-0.4, -0.2) is 21.6 Å². The molecule has 1 radical (unpaired) electrons. The lowest BCUT2D eigenvalue weighted by molar-refractivity contribution is 0.0985. The van der Waals surface area contributed by atoms with Crippen molar-refractivity contribution < 1.29 is 14.0 Å². The van der Waals surface area contributed by atoms with Gasteiger partial charge in [-0.3, -0.25) is 4.79 Å². The van der Waals surface area contributed by atoms with Gasteiger partial charge >= 0.3 is 6.03 Å². The van der Waals surface area contributed by atoms with Crippen LogP contribution in [0.15, 0.2) is 16.5 Å². The molecule has 0 bridgehead atoms. The second kappa shape index (κ2) is 3.07. The van der Waals surface area contributed by atoms with Gasteiger partial charge in [0.1, 0.15) is 12.0 Å². The second-order valence-electron chi connectivity index (χ2n) is 3.85. The van der Waals surface area contributed by atoms with Gasteiger partial charge in [0.25, 0.3) is 0 Å². The molecule has 1 amide bonds. The maximum absolute atomic E-state index is 11.1. The van der Waals surface area contributed by atoms with Gasteiger partial charge in [0.15, 0.2) is 11.5 Å². The predicted octanol–water partition coefficient (Wildman–Crippen LogP) is 0.899. The first-order valence-corrected chi connectivity index (χ1v) is 5.00. The van der Waals surface area contributed by atoms with Gasteiger partial charge in [-0.15, -0.1) is 0 Å². The molecule has 2 aromatic rings. The fraction of sp³-hybridized carbons (Fsp3) is 0.182. The molecule has 0 aliphatic heterocycles. The summed E-state index contributed by atoms with van der Waals surface area (Å²) in [6.45, 7) is 1.43. The van der Waals surface area contributed by atoms with Gasteiger partial charge in [-0.1, -0.05) is 0 Å². The Morgan fingerprint density at radius 3 is 2.88 bits per heavy atom. The number of nitrogens with zero attached hydrogens (tertiary/aromatic N) is 2. The number of fused-ring (bicyclic) bond motifs is 1. The minimum absolute atomic E-state index is 0.138. The molecular weight excluding hydrogens is 222 g/mol. The summed E-state index contributed by atoms with van der Waals surface area (Å²) in [6, 6.07) is 2.67.